The summed E-state index contributed by atoms with van der Waals surface area (Å²) >= 11 is 0. The molecule has 4 saturated heterocycles. The lowest BCUT2D eigenvalue weighted by Crippen LogP contribution is -2.69. The summed E-state index contributed by atoms with van der Waals surface area (Å²) in [5, 5.41) is 52.7. The summed E-state index contributed by atoms with van der Waals surface area (Å²) < 4.78 is 29.2. The van der Waals surface area contributed by atoms with Gasteiger partial charge in [-0.25, -0.2) is 29.1 Å². The Bertz CT molecular complexity index is 1780. The highest BCUT2D eigenvalue weighted by Crippen LogP contribution is 2.30. The van der Waals surface area contributed by atoms with Crippen LogP contribution in [0.4, 0.5) is 19.2 Å². The molecule has 4 heterocycles. The molecule has 4 aliphatic heterocycles. The Hall–Kier alpha value is -6.03. The van der Waals surface area contributed by atoms with Crippen LogP contribution in [-0.2, 0) is 23.7 Å². The number of carbonyl (C=O) groups excluding carboxylic acids is 5. The van der Waals surface area contributed by atoms with Gasteiger partial charge >= 0.3 is 24.1 Å². The molecule has 26 heteroatoms. The molecule has 19 N–H and O–H groups in total. The first-order valence-corrected chi connectivity index (χ1v) is 18.2. The topological polar surface area (TPSA) is 422 Å². The molecule has 0 radical (unpaired) electrons. The van der Waals surface area contributed by atoms with E-state index in [0.29, 0.717) is 10.5 Å². The third-order valence-electron chi connectivity index (χ3n) is 9.64. The molecule has 13 atom stereocenters. The maximum absolute atomic E-state index is 13.4. The largest absolute Gasteiger partial charge is 0.462 e. The summed E-state index contributed by atoms with van der Waals surface area (Å²) in [4.78, 5) is 66.5. The number of benzene rings is 1. The summed E-state index contributed by atoms with van der Waals surface area (Å²) in [5.74, 6) is -0.556. The Balaban J connectivity index is 1.20. The fraction of sp³-hybridized carbons (Fsp3) is 0.545. The quantitative estimate of drug-likeness (QED) is 0.0501. The van der Waals surface area contributed by atoms with Crippen LogP contribution in [0.1, 0.15) is 18.9 Å². The van der Waals surface area contributed by atoms with Gasteiger partial charge < -0.3 is 94.3 Å². The number of nitrogens with one attached hydrogen (secondary N) is 6. The highest BCUT2D eigenvalue weighted by atomic mass is 16.7. The van der Waals surface area contributed by atoms with E-state index in [9.17, 15) is 39.3 Å². The molecule has 4 aliphatic rings. The summed E-state index contributed by atoms with van der Waals surface area (Å²) in [6.07, 6.45) is -7.64. The number of urea groups is 4. The molecular formula is C33H49N13O13. The Morgan fingerprint density at radius 3 is 2.34 bits per heavy atom. The number of carbonyl (C=O) groups is 5. The fourth-order valence-corrected chi connectivity index (χ4v) is 6.83. The van der Waals surface area contributed by atoms with Gasteiger partial charge in [0.25, 0.3) is 0 Å². The second kappa shape index (κ2) is 19.1. The van der Waals surface area contributed by atoms with Crippen LogP contribution in [0.5, 0.6) is 5.75 Å². The first-order chi connectivity index (χ1) is 27.9. The molecule has 0 aliphatic carbocycles. The number of amidine groups is 1. The zero-order valence-electron chi connectivity index (χ0n) is 31.5. The number of hydrogen-bond acceptors (Lipinski definition) is 15. The molecular weight excluding hydrogens is 786 g/mol. The predicted molar refractivity (Wildman–Crippen MR) is 201 cm³/mol. The molecule has 13 unspecified atom stereocenters. The van der Waals surface area contributed by atoms with Crippen molar-refractivity contribution in [1.82, 2.24) is 31.5 Å². The zero-order chi connectivity index (χ0) is 43.1. The average molecular weight is 836 g/mol. The number of amides is 9. The molecule has 0 saturated carbocycles. The fourth-order valence-electron chi connectivity index (χ4n) is 6.83. The van der Waals surface area contributed by atoms with E-state index in [2.05, 4.69) is 31.6 Å². The number of aliphatic hydroxyl groups is 3. The van der Waals surface area contributed by atoms with Crippen molar-refractivity contribution in [3.05, 3.63) is 35.9 Å². The van der Waals surface area contributed by atoms with Gasteiger partial charge in [-0.2, -0.15) is 0 Å². The van der Waals surface area contributed by atoms with E-state index in [-0.39, 0.29) is 37.1 Å². The van der Waals surface area contributed by atoms with Gasteiger partial charge in [0.2, 0.25) is 12.2 Å². The first kappa shape index (κ1) is 44.1. The first-order valence-electron chi connectivity index (χ1n) is 18.2. The summed E-state index contributed by atoms with van der Waals surface area (Å²) in [5.41, 5.74) is 28.0. The number of guanidine groups is 1. The number of ether oxygens (including phenoxy) is 5. The zero-order valence-corrected chi connectivity index (χ0v) is 31.5. The summed E-state index contributed by atoms with van der Waals surface area (Å²) in [7, 11) is 0. The maximum atomic E-state index is 13.4. The van der Waals surface area contributed by atoms with Crippen LogP contribution < -0.4 is 60.0 Å². The summed E-state index contributed by atoms with van der Waals surface area (Å²) in [6, 6.07) is -3.81. The molecule has 9 amide bonds. The van der Waals surface area contributed by atoms with E-state index in [4.69, 9.17) is 57.8 Å². The van der Waals surface area contributed by atoms with E-state index in [1.54, 1.807) is 30.3 Å². The number of fused-ring (bicyclic) bond motifs is 1. The lowest BCUT2D eigenvalue weighted by atomic mass is 9.95. The predicted octanol–water partition coefficient (Wildman–Crippen LogP) is -5.37. The normalized spacial score (nSPS) is 32.8. The van der Waals surface area contributed by atoms with Gasteiger partial charge in [0.15, 0.2) is 18.5 Å². The van der Waals surface area contributed by atoms with Crippen molar-refractivity contribution in [3.63, 3.8) is 0 Å². The van der Waals surface area contributed by atoms with Crippen LogP contribution in [0.2, 0.25) is 0 Å². The van der Waals surface area contributed by atoms with Crippen LogP contribution in [0.25, 0.3) is 6.08 Å². The molecule has 324 valence electrons. The van der Waals surface area contributed by atoms with Gasteiger partial charge in [0, 0.05) is 19.0 Å². The van der Waals surface area contributed by atoms with Crippen molar-refractivity contribution in [3.8, 4) is 5.75 Å². The number of rotatable bonds is 13. The highest BCUT2D eigenvalue weighted by Gasteiger charge is 2.55. The minimum absolute atomic E-state index is 0.0454. The smallest absolute Gasteiger partial charge is 0.326 e. The van der Waals surface area contributed by atoms with Crippen molar-refractivity contribution in [2.75, 3.05) is 19.8 Å². The Labute approximate surface area is 335 Å². The average Bonchev–Trinajstić information content (AvgIpc) is 3.52. The maximum Gasteiger partial charge on any atom is 0.326 e. The molecule has 1 aromatic rings. The Kier molecular flexibility index (Phi) is 14.3. The number of nitrogens with two attached hydrogens (primary N) is 5. The SMILES string of the molecule is CC1OC(Oc2ccc(/C=C/C(=O)NCCC(=N)N)cc2)C(N=C(N)N)C(O)C1NC(=O)NC1OCC(OC2OCC(O)C3NC(=O)N(C(N)=O)C23)C(O)C1NC(N)=O. The van der Waals surface area contributed by atoms with E-state index in [0.717, 1.165) is 0 Å². The van der Waals surface area contributed by atoms with E-state index in [1.165, 1.54) is 13.0 Å². The van der Waals surface area contributed by atoms with Gasteiger partial charge in [0.05, 0.1) is 43.3 Å². The lowest BCUT2D eigenvalue weighted by Gasteiger charge is -2.44. The van der Waals surface area contributed by atoms with Gasteiger partial charge in [-0.05, 0) is 30.7 Å². The lowest BCUT2D eigenvalue weighted by molar-refractivity contribution is -0.268. The van der Waals surface area contributed by atoms with Gasteiger partial charge in [-0.15, -0.1) is 0 Å². The molecule has 0 bridgehead atoms. The number of primary amides is 2. The minimum Gasteiger partial charge on any atom is -0.462 e. The number of nitrogens with zero attached hydrogens (tertiary/aromatic N) is 2. The summed E-state index contributed by atoms with van der Waals surface area (Å²) in [6.45, 7) is 1.00. The molecule has 59 heavy (non-hydrogen) atoms. The van der Waals surface area contributed by atoms with Crippen molar-refractivity contribution < 1.29 is 63.0 Å². The van der Waals surface area contributed by atoms with Crippen molar-refractivity contribution >= 4 is 47.9 Å². The third kappa shape index (κ3) is 10.9. The molecule has 1 aromatic carbocycles. The number of aliphatic hydroxyl groups excluding tert-OH is 3. The second-order valence-corrected chi connectivity index (χ2v) is 13.9. The third-order valence-corrected chi connectivity index (χ3v) is 9.64. The molecule has 4 fully saturated rings. The van der Waals surface area contributed by atoms with E-state index < -0.39 is 116 Å². The Morgan fingerprint density at radius 2 is 1.69 bits per heavy atom. The minimum atomic E-state index is -1.65. The molecule has 26 nitrogen and oxygen atoms in total. The molecule has 0 spiro atoms. The van der Waals surface area contributed by atoms with Crippen molar-refractivity contribution in [2.24, 2.45) is 33.7 Å². The number of aliphatic imine (C=N–C) groups is 1. The van der Waals surface area contributed by atoms with Crippen LogP contribution in [0.15, 0.2) is 35.3 Å². The van der Waals surface area contributed by atoms with E-state index in [1.807, 2.05) is 0 Å². The van der Waals surface area contributed by atoms with Crippen LogP contribution >= 0.6 is 0 Å². The van der Waals surface area contributed by atoms with Crippen molar-refractivity contribution in [1.29, 1.82) is 5.41 Å². The van der Waals surface area contributed by atoms with Gasteiger partial charge in [0.1, 0.15) is 42.2 Å². The Morgan fingerprint density at radius 1 is 0.983 bits per heavy atom. The monoisotopic (exact) mass is 835 g/mol. The molecule has 0 aromatic heterocycles. The van der Waals surface area contributed by atoms with Crippen LogP contribution in [-0.4, -0.2) is 161 Å². The standard InChI is InChI=1S/C33H49N13O13/c1-12-19(25(50)22(41-29(36)37)27(57-12)58-14-5-2-13(3-6-14)4-7-18(48)40-9-8-17(34)35)43-32(53)45-26-21(42-30(38)51)24(49)16(11-55-26)59-28-23-20(15(47)10-56-28)44-33(54)46(23)31(39)52/h2-7,12,15-16,19-28,47,49-50H,8-11H2,1H3,(H3,34,35)(H2,39,52)(H,40,48)(H,44,54)(H4,36,37,41)(H3,38,42,51)(H2,43,45,53)/b7-4+. The van der Waals surface area contributed by atoms with E-state index >= 15 is 0 Å². The highest BCUT2D eigenvalue weighted by molar-refractivity contribution is 5.95. The van der Waals surface area contributed by atoms with Crippen molar-refractivity contribution in [2.45, 2.75) is 92.9 Å². The van der Waals surface area contributed by atoms with Crippen LogP contribution in [0.3, 0.4) is 0 Å². The number of imide groups is 1. The molecule has 5 rings (SSSR count). The van der Waals surface area contributed by atoms with Gasteiger partial charge in [-0.1, -0.05) is 12.1 Å². The van der Waals surface area contributed by atoms with Gasteiger partial charge in [-0.3, -0.25) is 10.2 Å². The second-order valence-electron chi connectivity index (χ2n) is 13.9. The van der Waals surface area contributed by atoms with Crippen LogP contribution in [0, 0.1) is 5.41 Å². The number of hydrogen-bond donors (Lipinski definition) is 14.